The van der Waals surface area contributed by atoms with Gasteiger partial charge in [0.1, 0.15) is 0 Å². The molecule has 2 nitrogen and oxygen atoms in total. The van der Waals surface area contributed by atoms with E-state index in [0.717, 1.165) is 36.2 Å². The first kappa shape index (κ1) is 22.1. The minimum atomic E-state index is -2.78. The van der Waals surface area contributed by atoms with E-state index >= 15 is 0 Å². The number of alkyl halides is 2. The van der Waals surface area contributed by atoms with Crippen LogP contribution in [0, 0.1) is 23.5 Å². The van der Waals surface area contributed by atoms with Crippen molar-refractivity contribution < 1.29 is 22.3 Å². The highest BCUT2D eigenvalue weighted by Crippen LogP contribution is 2.24. The van der Waals surface area contributed by atoms with Gasteiger partial charge in [0, 0.05) is 29.0 Å². The van der Waals surface area contributed by atoms with E-state index in [-0.39, 0.29) is 5.56 Å². The predicted molar refractivity (Wildman–Crippen MR) is 112 cm³/mol. The molecule has 0 amide bonds. The number of aromatic nitrogens is 1. The smallest absolute Gasteiger partial charge is 0.260 e. The topological polar surface area (TPSA) is 22.1 Å². The van der Waals surface area contributed by atoms with Gasteiger partial charge in [0.05, 0.1) is 12.0 Å². The van der Waals surface area contributed by atoms with E-state index in [1.54, 1.807) is 12.1 Å². The van der Waals surface area contributed by atoms with E-state index in [2.05, 4.69) is 34.6 Å². The summed E-state index contributed by atoms with van der Waals surface area (Å²) in [5.41, 5.74) is 3.73. The first-order chi connectivity index (χ1) is 15.0. The molecule has 0 bridgehead atoms. The van der Waals surface area contributed by atoms with Crippen LogP contribution < -0.4 is 4.74 Å². The van der Waals surface area contributed by atoms with Crippen LogP contribution in [0.5, 0.6) is 5.75 Å². The Morgan fingerprint density at radius 2 is 1.65 bits per heavy atom. The fourth-order valence-electron chi connectivity index (χ4n) is 2.81. The van der Waals surface area contributed by atoms with Crippen molar-refractivity contribution in [1.29, 1.82) is 0 Å². The number of rotatable bonds is 6. The molecule has 6 heteroatoms. The largest absolute Gasteiger partial charge is 0.459 e. The third-order valence-corrected chi connectivity index (χ3v) is 4.30. The number of nitrogens with zero attached hydrogens (tertiary/aromatic N) is 1. The third kappa shape index (κ3) is 6.19. The summed E-state index contributed by atoms with van der Waals surface area (Å²) < 4.78 is 56.8. The maximum atomic E-state index is 14.0. The number of allylic oxidation sites excluding steroid dienone is 1. The molecule has 2 aromatic carbocycles. The zero-order valence-electron chi connectivity index (χ0n) is 16.7. The van der Waals surface area contributed by atoms with Crippen molar-refractivity contribution in [3.63, 3.8) is 0 Å². The summed E-state index contributed by atoms with van der Waals surface area (Å²) >= 11 is 0. The second kappa shape index (κ2) is 10.4. The van der Waals surface area contributed by atoms with Crippen LogP contribution in [-0.4, -0.2) is 11.4 Å². The molecule has 0 spiro atoms. The number of pyridine rings is 1. The number of halogens is 4. The summed E-state index contributed by atoms with van der Waals surface area (Å²) in [6, 6.07) is 13.3. The van der Waals surface area contributed by atoms with Crippen LogP contribution in [0.3, 0.4) is 0 Å². The van der Waals surface area contributed by atoms with Crippen LogP contribution in [0.2, 0.25) is 0 Å². The van der Waals surface area contributed by atoms with E-state index in [4.69, 9.17) is 0 Å². The molecule has 0 saturated heterocycles. The Hall–Kier alpha value is -3.59. The van der Waals surface area contributed by atoms with Crippen LogP contribution in [0.4, 0.5) is 17.6 Å². The molecule has 1 heterocycles. The van der Waals surface area contributed by atoms with Gasteiger partial charge in [-0.2, -0.15) is 0 Å². The van der Waals surface area contributed by atoms with Gasteiger partial charge in [0.15, 0.2) is 17.4 Å². The molecular weight excluding hydrogens is 406 g/mol. The second-order valence-electron chi connectivity index (χ2n) is 6.68. The molecule has 31 heavy (non-hydrogen) atoms. The lowest BCUT2D eigenvalue weighted by Crippen LogP contribution is -1.94. The molecule has 158 valence electrons. The zero-order valence-corrected chi connectivity index (χ0v) is 16.7. The highest BCUT2D eigenvalue weighted by molar-refractivity contribution is 5.60. The molecule has 0 aliphatic carbocycles. The Labute approximate surface area is 178 Å². The quantitative estimate of drug-likeness (QED) is 0.254. The average molecular weight is 425 g/mol. The van der Waals surface area contributed by atoms with Crippen molar-refractivity contribution in [2.75, 3.05) is 0 Å². The molecule has 3 rings (SSSR count). The van der Waals surface area contributed by atoms with Gasteiger partial charge >= 0.3 is 0 Å². The number of ether oxygens (including phenoxy) is 1. The summed E-state index contributed by atoms with van der Waals surface area (Å²) in [4.78, 5) is 4.47. The number of aryl methyl sites for hydroxylation is 1. The molecular formula is C25H19F4NO. The van der Waals surface area contributed by atoms with Crippen molar-refractivity contribution in [3.05, 3.63) is 95.4 Å². The zero-order chi connectivity index (χ0) is 22.2. The lowest BCUT2D eigenvalue weighted by atomic mass is 10.1. The van der Waals surface area contributed by atoms with Crippen LogP contribution in [0.25, 0.3) is 11.3 Å². The molecule has 3 aromatic rings. The van der Waals surface area contributed by atoms with Gasteiger partial charge in [0.25, 0.3) is 6.43 Å². The van der Waals surface area contributed by atoms with Crippen LogP contribution in [-0.2, 0) is 6.42 Å². The Morgan fingerprint density at radius 3 is 2.23 bits per heavy atom. The molecule has 0 N–H and O–H groups in total. The first-order valence-electron chi connectivity index (χ1n) is 9.64. The van der Waals surface area contributed by atoms with Gasteiger partial charge in [-0.1, -0.05) is 43.4 Å². The standard InChI is InChI=1S/C25H19F4NO/c1-2-3-18-8-11-23(30-16-18)20-9-6-17(7-10-20)4-5-19-14-21(26)25(22(27)15-19)31-13-12-24(28)29/h6-16,24H,2-3H2,1H3. The van der Waals surface area contributed by atoms with Crippen molar-refractivity contribution in [2.45, 2.75) is 26.2 Å². The lowest BCUT2D eigenvalue weighted by Gasteiger charge is -2.04. The summed E-state index contributed by atoms with van der Waals surface area (Å²) in [5.74, 6) is 2.70. The monoisotopic (exact) mass is 425 g/mol. The summed E-state index contributed by atoms with van der Waals surface area (Å²) in [6.07, 6.45) is 2.07. The first-order valence-corrected chi connectivity index (χ1v) is 9.64. The molecule has 0 aliphatic heterocycles. The Morgan fingerprint density at radius 1 is 0.968 bits per heavy atom. The molecule has 0 atom stereocenters. The van der Waals surface area contributed by atoms with Crippen LogP contribution >= 0.6 is 0 Å². The van der Waals surface area contributed by atoms with Crippen molar-refractivity contribution in [2.24, 2.45) is 0 Å². The predicted octanol–water partition coefficient (Wildman–Crippen LogP) is 6.54. The number of hydrogen-bond donors (Lipinski definition) is 0. The van der Waals surface area contributed by atoms with Crippen LogP contribution in [0.1, 0.15) is 30.0 Å². The van der Waals surface area contributed by atoms with Crippen molar-refractivity contribution in [1.82, 2.24) is 4.98 Å². The Kier molecular flexibility index (Phi) is 7.45. The molecule has 0 radical (unpaired) electrons. The van der Waals surface area contributed by atoms with Gasteiger partial charge in [-0.15, -0.1) is 0 Å². The van der Waals surface area contributed by atoms with Crippen LogP contribution in [0.15, 0.2) is 67.1 Å². The molecule has 0 aliphatic rings. The third-order valence-electron chi connectivity index (χ3n) is 4.30. The highest BCUT2D eigenvalue weighted by Gasteiger charge is 2.11. The average Bonchev–Trinajstić information content (AvgIpc) is 2.75. The van der Waals surface area contributed by atoms with E-state index < -0.39 is 23.8 Å². The molecule has 0 fully saturated rings. The van der Waals surface area contributed by atoms with Gasteiger partial charge in [-0.3, -0.25) is 4.98 Å². The molecule has 0 saturated carbocycles. The van der Waals surface area contributed by atoms with Gasteiger partial charge in [-0.05, 0) is 42.3 Å². The summed E-state index contributed by atoms with van der Waals surface area (Å²) in [5, 5.41) is 0. The fraction of sp³-hybridized carbons (Fsp3) is 0.160. The summed E-state index contributed by atoms with van der Waals surface area (Å²) in [7, 11) is 0. The maximum Gasteiger partial charge on any atom is 0.260 e. The minimum absolute atomic E-state index is 0.0949. The number of benzene rings is 2. The normalized spacial score (nSPS) is 10.9. The Bertz CT molecular complexity index is 1090. The van der Waals surface area contributed by atoms with E-state index in [1.807, 2.05) is 24.4 Å². The molecule has 0 unspecified atom stereocenters. The van der Waals surface area contributed by atoms with E-state index in [9.17, 15) is 17.6 Å². The fourth-order valence-corrected chi connectivity index (χ4v) is 2.81. The second-order valence-corrected chi connectivity index (χ2v) is 6.68. The summed E-state index contributed by atoms with van der Waals surface area (Å²) in [6.45, 7) is 2.12. The number of hydrogen-bond acceptors (Lipinski definition) is 2. The minimum Gasteiger partial charge on any atom is -0.459 e. The van der Waals surface area contributed by atoms with E-state index in [0.29, 0.717) is 17.9 Å². The van der Waals surface area contributed by atoms with Gasteiger partial charge in [-0.25, -0.2) is 17.6 Å². The van der Waals surface area contributed by atoms with Gasteiger partial charge in [0.2, 0.25) is 0 Å². The van der Waals surface area contributed by atoms with Gasteiger partial charge < -0.3 is 4.74 Å². The maximum absolute atomic E-state index is 14.0. The SMILES string of the molecule is CCCc1ccc(-c2ccc(C#Cc3cc(F)c(OC=CC(F)F)c(F)c3)cc2)nc1. The van der Waals surface area contributed by atoms with Crippen molar-refractivity contribution in [3.8, 4) is 28.8 Å². The lowest BCUT2D eigenvalue weighted by molar-refractivity contribution is 0.200. The highest BCUT2D eigenvalue weighted by atomic mass is 19.3. The van der Waals surface area contributed by atoms with Crippen molar-refractivity contribution >= 4 is 0 Å². The molecule has 1 aromatic heterocycles. The Balaban J connectivity index is 1.73. The van der Waals surface area contributed by atoms with E-state index in [1.165, 1.54) is 5.56 Å².